The van der Waals surface area contributed by atoms with E-state index in [0.29, 0.717) is 0 Å². The minimum Gasteiger partial charge on any atom is -0.346 e. The maximum atomic E-state index is 5.65. The number of piperazine rings is 1. The molecule has 1 N–H and O–H groups in total. The molecule has 26 heavy (non-hydrogen) atoms. The summed E-state index contributed by atoms with van der Waals surface area (Å²) in [7, 11) is 0. The van der Waals surface area contributed by atoms with Gasteiger partial charge in [0.25, 0.3) is 0 Å². The van der Waals surface area contributed by atoms with Crippen molar-refractivity contribution in [2.24, 2.45) is 0 Å². The fraction of sp³-hybridized carbons (Fsp3) is 0.500. The van der Waals surface area contributed by atoms with Gasteiger partial charge in [-0.25, -0.2) is 0 Å². The molecule has 1 aromatic carbocycles. The second kappa shape index (κ2) is 8.18. The number of aryl methyl sites for hydroxylation is 2. The molecule has 2 heterocycles. The minimum atomic E-state index is 0.827. The zero-order chi connectivity index (χ0) is 18.7. The predicted molar refractivity (Wildman–Crippen MR) is 112 cm³/mol. The molecule has 2 aromatic rings. The summed E-state index contributed by atoms with van der Waals surface area (Å²) in [5.41, 5.74) is 6.26. The molecule has 1 fully saturated rings. The van der Waals surface area contributed by atoms with Crippen molar-refractivity contribution in [2.45, 2.75) is 40.8 Å². The van der Waals surface area contributed by atoms with Crippen LogP contribution in [-0.2, 0) is 13.1 Å². The van der Waals surface area contributed by atoms with Crippen LogP contribution < -0.4 is 5.32 Å². The highest BCUT2D eigenvalue weighted by molar-refractivity contribution is 7.80. The van der Waals surface area contributed by atoms with Crippen molar-refractivity contribution in [1.29, 1.82) is 0 Å². The van der Waals surface area contributed by atoms with Gasteiger partial charge in [0.15, 0.2) is 5.11 Å². The van der Waals surface area contributed by atoms with E-state index in [4.69, 9.17) is 12.2 Å². The molecule has 140 valence electrons. The van der Waals surface area contributed by atoms with E-state index in [0.717, 1.165) is 50.1 Å². The average molecular weight is 372 g/mol. The normalized spacial score (nSPS) is 15.3. The quantitative estimate of drug-likeness (QED) is 0.834. The molecule has 1 aliphatic rings. The molecule has 3 rings (SSSR count). The molecule has 1 aromatic heterocycles. The Bertz CT molecular complexity index is 775. The molecule has 0 radical (unpaired) electrons. The molecular weight excluding hydrogens is 342 g/mol. The van der Waals surface area contributed by atoms with Gasteiger partial charge in [0.1, 0.15) is 0 Å². The predicted octanol–water partition coefficient (Wildman–Crippen LogP) is 3.34. The van der Waals surface area contributed by atoms with Gasteiger partial charge < -0.3 is 10.2 Å². The summed E-state index contributed by atoms with van der Waals surface area (Å²) in [5, 5.41) is 8.71. The van der Waals surface area contributed by atoms with E-state index in [9.17, 15) is 0 Å². The van der Waals surface area contributed by atoms with Crippen LogP contribution in [-0.4, -0.2) is 50.9 Å². The Balaban J connectivity index is 1.53. The minimum absolute atomic E-state index is 0.827. The van der Waals surface area contributed by atoms with Crippen molar-refractivity contribution in [3.8, 4) is 0 Å². The van der Waals surface area contributed by atoms with Gasteiger partial charge in [-0.1, -0.05) is 12.1 Å². The summed E-state index contributed by atoms with van der Waals surface area (Å²) in [4.78, 5) is 4.76. The van der Waals surface area contributed by atoms with E-state index in [1.165, 1.54) is 22.4 Å². The Morgan fingerprint density at radius 3 is 2.54 bits per heavy atom. The number of thiocarbonyl (C=S) groups is 1. The molecule has 5 nitrogen and oxygen atoms in total. The van der Waals surface area contributed by atoms with Crippen LogP contribution in [0.1, 0.15) is 29.3 Å². The Kier molecular flexibility index (Phi) is 5.94. The number of hydrogen-bond acceptors (Lipinski definition) is 3. The lowest BCUT2D eigenvalue weighted by Gasteiger charge is -2.36. The first kappa shape index (κ1) is 18.9. The van der Waals surface area contributed by atoms with E-state index >= 15 is 0 Å². The summed E-state index contributed by atoms with van der Waals surface area (Å²) in [6.45, 7) is 14.4. The molecule has 0 amide bonds. The third-order valence-electron chi connectivity index (χ3n) is 5.40. The molecular formula is C20H29N5S. The Labute approximate surface area is 162 Å². The molecule has 6 heteroatoms. The summed E-state index contributed by atoms with van der Waals surface area (Å²) >= 11 is 5.65. The maximum absolute atomic E-state index is 5.65. The molecule has 0 unspecified atom stereocenters. The van der Waals surface area contributed by atoms with E-state index in [-0.39, 0.29) is 0 Å². The lowest BCUT2D eigenvalue weighted by molar-refractivity contribution is 0.176. The first-order chi connectivity index (χ1) is 12.5. The van der Waals surface area contributed by atoms with Crippen LogP contribution in [0.4, 0.5) is 5.69 Å². The topological polar surface area (TPSA) is 36.3 Å². The van der Waals surface area contributed by atoms with Crippen molar-refractivity contribution in [3.63, 3.8) is 0 Å². The largest absolute Gasteiger partial charge is 0.346 e. The van der Waals surface area contributed by atoms with Crippen LogP contribution in [0, 0.1) is 20.8 Å². The van der Waals surface area contributed by atoms with E-state index in [2.05, 4.69) is 70.8 Å². The van der Waals surface area contributed by atoms with Crippen molar-refractivity contribution in [3.05, 3.63) is 46.8 Å². The zero-order valence-corrected chi connectivity index (χ0v) is 17.1. The fourth-order valence-electron chi connectivity index (χ4n) is 3.39. The standard InChI is InChI=1S/C20H29N5S/c1-5-25-17(4)18(13-21-25)14-23-9-11-24(12-10-23)20(26)22-19-8-6-7-15(2)16(19)3/h6-8,13H,5,9-12,14H2,1-4H3,(H,22,26). The van der Waals surface area contributed by atoms with Gasteiger partial charge in [0.05, 0.1) is 6.20 Å². The summed E-state index contributed by atoms with van der Waals surface area (Å²) < 4.78 is 2.06. The molecule has 0 aliphatic carbocycles. The first-order valence-electron chi connectivity index (χ1n) is 9.35. The molecule has 0 bridgehead atoms. The molecule has 1 aliphatic heterocycles. The van der Waals surface area contributed by atoms with Crippen LogP contribution in [0.25, 0.3) is 0 Å². The molecule has 0 spiro atoms. The number of hydrogen-bond donors (Lipinski definition) is 1. The number of nitrogens with zero attached hydrogens (tertiary/aromatic N) is 4. The van der Waals surface area contributed by atoms with Crippen LogP contribution in [0.15, 0.2) is 24.4 Å². The van der Waals surface area contributed by atoms with Crippen molar-refractivity contribution in [2.75, 3.05) is 31.5 Å². The van der Waals surface area contributed by atoms with E-state index in [1.807, 2.05) is 6.20 Å². The lowest BCUT2D eigenvalue weighted by atomic mass is 10.1. The van der Waals surface area contributed by atoms with Gasteiger partial charge in [-0.3, -0.25) is 9.58 Å². The SMILES string of the molecule is CCn1ncc(CN2CCN(C(=S)Nc3cccc(C)c3C)CC2)c1C. The van der Waals surface area contributed by atoms with Gasteiger partial charge >= 0.3 is 0 Å². The van der Waals surface area contributed by atoms with Gasteiger partial charge in [0, 0.05) is 56.2 Å². The number of aromatic nitrogens is 2. The number of anilines is 1. The van der Waals surface area contributed by atoms with Crippen LogP contribution in [0.5, 0.6) is 0 Å². The number of rotatable bonds is 4. The van der Waals surface area contributed by atoms with Crippen LogP contribution >= 0.6 is 12.2 Å². The molecule has 0 atom stereocenters. The third kappa shape index (κ3) is 4.07. The smallest absolute Gasteiger partial charge is 0.173 e. The highest BCUT2D eigenvalue weighted by Gasteiger charge is 2.20. The van der Waals surface area contributed by atoms with Crippen molar-refractivity contribution >= 4 is 23.0 Å². The Morgan fingerprint density at radius 2 is 1.88 bits per heavy atom. The highest BCUT2D eigenvalue weighted by Crippen LogP contribution is 2.19. The second-order valence-electron chi connectivity index (χ2n) is 7.01. The fourth-order valence-corrected chi connectivity index (χ4v) is 3.68. The lowest BCUT2D eigenvalue weighted by Crippen LogP contribution is -2.49. The highest BCUT2D eigenvalue weighted by atomic mass is 32.1. The van der Waals surface area contributed by atoms with Crippen LogP contribution in [0.3, 0.4) is 0 Å². The van der Waals surface area contributed by atoms with E-state index in [1.54, 1.807) is 0 Å². The molecule has 0 saturated carbocycles. The van der Waals surface area contributed by atoms with Crippen LogP contribution in [0.2, 0.25) is 0 Å². The number of benzene rings is 1. The Morgan fingerprint density at radius 1 is 1.15 bits per heavy atom. The monoisotopic (exact) mass is 371 g/mol. The number of nitrogens with one attached hydrogen (secondary N) is 1. The van der Waals surface area contributed by atoms with Gasteiger partial charge in [0.2, 0.25) is 0 Å². The third-order valence-corrected chi connectivity index (χ3v) is 5.76. The average Bonchev–Trinajstić information content (AvgIpc) is 2.99. The second-order valence-corrected chi connectivity index (χ2v) is 7.40. The van der Waals surface area contributed by atoms with Gasteiger partial charge in [-0.15, -0.1) is 0 Å². The first-order valence-corrected chi connectivity index (χ1v) is 9.76. The van der Waals surface area contributed by atoms with Crippen molar-refractivity contribution < 1.29 is 0 Å². The van der Waals surface area contributed by atoms with Gasteiger partial charge in [-0.2, -0.15) is 5.10 Å². The summed E-state index contributed by atoms with van der Waals surface area (Å²) in [6.07, 6.45) is 2.01. The summed E-state index contributed by atoms with van der Waals surface area (Å²) in [5.74, 6) is 0. The summed E-state index contributed by atoms with van der Waals surface area (Å²) in [6, 6.07) is 6.30. The molecule has 1 saturated heterocycles. The zero-order valence-electron chi connectivity index (χ0n) is 16.2. The van der Waals surface area contributed by atoms with Crippen molar-refractivity contribution in [1.82, 2.24) is 19.6 Å². The van der Waals surface area contributed by atoms with E-state index < -0.39 is 0 Å². The maximum Gasteiger partial charge on any atom is 0.173 e. The Hall–Kier alpha value is -1.92. The van der Waals surface area contributed by atoms with Gasteiger partial charge in [-0.05, 0) is 57.1 Å².